The van der Waals surface area contributed by atoms with Crippen molar-refractivity contribution in [1.29, 1.82) is 0 Å². The number of likely N-dealkylation sites (N-methyl/N-ethyl adjacent to an activating group) is 1. The Kier molecular flexibility index (Phi) is 7.21. The molecule has 2 aromatic rings. The number of hydrogen-bond acceptors (Lipinski definition) is 3. The van der Waals surface area contributed by atoms with Crippen molar-refractivity contribution in [3.63, 3.8) is 0 Å². The van der Waals surface area contributed by atoms with E-state index in [0.29, 0.717) is 18.0 Å². The van der Waals surface area contributed by atoms with Crippen molar-refractivity contribution in [2.24, 2.45) is 5.92 Å². The minimum atomic E-state index is -0.0766. The summed E-state index contributed by atoms with van der Waals surface area (Å²) in [6.07, 6.45) is 0.491. The van der Waals surface area contributed by atoms with Crippen LogP contribution in [0.1, 0.15) is 27.2 Å². The lowest BCUT2D eigenvalue weighted by Gasteiger charge is -2.22. The Morgan fingerprint density at radius 2 is 1.42 bits per heavy atom. The second-order valence-corrected chi connectivity index (χ2v) is 6.62. The zero-order chi connectivity index (χ0) is 18.9. The fourth-order valence-corrected chi connectivity index (χ4v) is 2.62. The second kappa shape index (κ2) is 9.61. The molecule has 0 aromatic heterocycles. The summed E-state index contributed by atoms with van der Waals surface area (Å²) < 4.78 is 0. The highest BCUT2D eigenvalue weighted by Gasteiger charge is 2.10. The molecule has 0 aliphatic rings. The van der Waals surface area contributed by atoms with Crippen LogP contribution >= 0.6 is 0 Å². The number of nitrogens with zero attached hydrogens (tertiary/aromatic N) is 1. The number of carbonyl (C=O) groups excluding carboxylic acids is 2. The maximum Gasteiger partial charge on any atom is 0.243 e. The van der Waals surface area contributed by atoms with E-state index in [1.807, 2.05) is 56.0 Å². The first kappa shape index (κ1) is 19.5. The van der Waals surface area contributed by atoms with Gasteiger partial charge in [0.15, 0.2) is 0 Å². The molecule has 2 aromatic carbocycles. The van der Waals surface area contributed by atoms with E-state index in [9.17, 15) is 9.59 Å². The highest BCUT2D eigenvalue weighted by molar-refractivity contribution is 5.95. The SMILES string of the molecule is CCN(CC(=O)Nc1ccc(NC(=O)CC(C)C)cc1)c1ccccc1. The Balaban J connectivity index is 1.89. The van der Waals surface area contributed by atoms with E-state index in [0.717, 1.165) is 17.9 Å². The Bertz CT molecular complexity index is 712. The number of anilines is 3. The van der Waals surface area contributed by atoms with Gasteiger partial charge in [-0.1, -0.05) is 32.0 Å². The molecule has 0 aliphatic carbocycles. The van der Waals surface area contributed by atoms with E-state index in [4.69, 9.17) is 0 Å². The molecule has 0 unspecified atom stereocenters. The Labute approximate surface area is 155 Å². The Morgan fingerprint density at radius 3 is 1.92 bits per heavy atom. The molecule has 26 heavy (non-hydrogen) atoms. The van der Waals surface area contributed by atoms with E-state index in [1.165, 1.54) is 0 Å². The molecular formula is C21H27N3O2. The third-order valence-electron chi connectivity index (χ3n) is 3.88. The molecule has 2 rings (SSSR count). The predicted molar refractivity (Wildman–Crippen MR) is 107 cm³/mol. The highest BCUT2D eigenvalue weighted by Crippen LogP contribution is 2.16. The molecular weight excluding hydrogens is 326 g/mol. The van der Waals surface area contributed by atoms with Crippen LogP contribution in [0, 0.1) is 5.92 Å². The summed E-state index contributed by atoms with van der Waals surface area (Å²) in [5.41, 5.74) is 2.46. The molecule has 5 nitrogen and oxygen atoms in total. The maximum absolute atomic E-state index is 12.3. The van der Waals surface area contributed by atoms with Crippen LogP contribution in [0.15, 0.2) is 54.6 Å². The summed E-state index contributed by atoms with van der Waals surface area (Å²) >= 11 is 0. The minimum absolute atomic E-state index is 0.00163. The van der Waals surface area contributed by atoms with Gasteiger partial charge in [0.25, 0.3) is 0 Å². The smallest absolute Gasteiger partial charge is 0.243 e. The van der Waals surface area contributed by atoms with E-state index in [2.05, 4.69) is 10.6 Å². The maximum atomic E-state index is 12.3. The van der Waals surface area contributed by atoms with Crippen LogP contribution in [0.5, 0.6) is 0 Å². The molecule has 0 spiro atoms. The zero-order valence-electron chi connectivity index (χ0n) is 15.7. The topological polar surface area (TPSA) is 61.4 Å². The average Bonchev–Trinajstić information content (AvgIpc) is 2.61. The van der Waals surface area contributed by atoms with Crippen molar-refractivity contribution in [2.75, 3.05) is 28.6 Å². The van der Waals surface area contributed by atoms with Crippen molar-refractivity contribution >= 4 is 28.9 Å². The number of benzene rings is 2. The third-order valence-corrected chi connectivity index (χ3v) is 3.88. The summed E-state index contributed by atoms with van der Waals surface area (Å²) in [7, 11) is 0. The van der Waals surface area contributed by atoms with Gasteiger partial charge >= 0.3 is 0 Å². The van der Waals surface area contributed by atoms with Crippen LogP contribution in [0.3, 0.4) is 0 Å². The second-order valence-electron chi connectivity index (χ2n) is 6.62. The van der Waals surface area contributed by atoms with Crippen molar-refractivity contribution in [1.82, 2.24) is 0 Å². The molecule has 2 amide bonds. The fourth-order valence-electron chi connectivity index (χ4n) is 2.62. The van der Waals surface area contributed by atoms with Gasteiger partial charge in [0.2, 0.25) is 11.8 Å². The van der Waals surface area contributed by atoms with Gasteiger partial charge in [-0.15, -0.1) is 0 Å². The van der Waals surface area contributed by atoms with Crippen LogP contribution in [0.2, 0.25) is 0 Å². The molecule has 0 fully saturated rings. The average molecular weight is 353 g/mol. The quantitative estimate of drug-likeness (QED) is 0.750. The number of carbonyl (C=O) groups is 2. The van der Waals surface area contributed by atoms with Gasteiger partial charge in [0, 0.05) is 30.0 Å². The highest BCUT2D eigenvalue weighted by atomic mass is 16.2. The van der Waals surface area contributed by atoms with Gasteiger partial charge in [-0.25, -0.2) is 0 Å². The van der Waals surface area contributed by atoms with Gasteiger partial charge in [-0.05, 0) is 49.2 Å². The molecule has 0 aliphatic heterocycles. The monoisotopic (exact) mass is 353 g/mol. The molecule has 5 heteroatoms. The van der Waals surface area contributed by atoms with Gasteiger partial charge in [-0.3, -0.25) is 9.59 Å². The lowest BCUT2D eigenvalue weighted by molar-refractivity contribution is -0.117. The molecule has 0 atom stereocenters. The molecule has 0 saturated carbocycles. The van der Waals surface area contributed by atoms with Crippen molar-refractivity contribution in [3.05, 3.63) is 54.6 Å². The number of nitrogens with one attached hydrogen (secondary N) is 2. The molecule has 0 radical (unpaired) electrons. The largest absolute Gasteiger partial charge is 0.362 e. The number of para-hydroxylation sites is 1. The summed E-state index contributed by atoms with van der Waals surface area (Å²) in [6, 6.07) is 17.0. The first-order valence-corrected chi connectivity index (χ1v) is 8.97. The van der Waals surface area contributed by atoms with E-state index >= 15 is 0 Å². The first-order chi connectivity index (χ1) is 12.5. The fraction of sp³-hybridized carbons (Fsp3) is 0.333. The molecule has 0 saturated heterocycles. The van der Waals surface area contributed by atoms with Gasteiger partial charge in [0.05, 0.1) is 6.54 Å². The van der Waals surface area contributed by atoms with Crippen LogP contribution < -0.4 is 15.5 Å². The lowest BCUT2D eigenvalue weighted by Crippen LogP contribution is -2.33. The van der Waals surface area contributed by atoms with Gasteiger partial charge in [0.1, 0.15) is 0 Å². The van der Waals surface area contributed by atoms with Crippen molar-refractivity contribution < 1.29 is 9.59 Å². The van der Waals surface area contributed by atoms with Crippen LogP contribution in [0.4, 0.5) is 17.1 Å². The molecule has 2 N–H and O–H groups in total. The molecule has 0 bridgehead atoms. The summed E-state index contributed by atoms with van der Waals surface area (Å²) in [5, 5.41) is 5.75. The van der Waals surface area contributed by atoms with Crippen molar-refractivity contribution in [3.8, 4) is 0 Å². The number of amides is 2. The lowest BCUT2D eigenvalue weighted by atomic mass is 10.1. The summed E-state index contributed by atoms with van der Waals surface area (Å²) in [5.74, 6) is 0.241. The Morgan fingerprint density at radius 1 is 0.885 bits per heavy atom. The number of hydrogen-bond donors (Lipinski definition) is 2. The zero-order valence-corrected chi connectivity index (χ0v) is 15.7. The normalized spacial score (nSPS) is 10.5. The minimum Gasteiger partial charge on any atom is -0.362 e. The molecule has 138 valence electrons. The third kappa shape index (κ3) is 6.24. The van der Waals surface area contributed by atoms with E-state index < -0.39 is 0 Å². The van der Waals surface area contributed by atoms with E-state index in [-0.39, 0.29) is 18.4 Å². The van der Waals surface area contributed by atoms with Crippen molar-refractivity contribution in [2.45, 2.75) is 27.2 Å². The summed E-state index contributed by atoms with van der Waals surface area (Å²) in [4.78, 5) is 26.1. The van der Waals surface area contributed by atoms with Crippen LogP contribution in [0.25, 0.3) is 0 Å². The van der Waals surface area contributed by atoms with Crippen LogP contribution in [-0.2, 0) is 9.59 Å². The number of rotatable bonds is 8. The predicted octanol–water partition coefficient (Wildman–Crippen LogP) is 4.14. The summed E-state index contributed by atoms with van der Waals surface area (Å²) in [6.45, 7) is 7.07. The van der Waals surface area contributed by atoms with E-state index in [1.54, 1.807) is 24.3 Å². The van der Waals surface area contributed by atoms with Gasteiger partial charge < -0.3 is 15.5 Å². The molecule has 0 heterocycles. The van der Waals surface area contributed by atoms with Crippen LogP contribution in [-0.4, -0.2) is 24.9 Å². The standard InChI is InChI=1S/C21H27N3O2/c1-4-24(19-8-6-5-7-9-19)15-21(26)23-18-12-10-17(11-13-18)22-20(25)14-16(2)3/h5-13,16H,4,14-15H2,1-3H3,(H,22,25)(H,23,26). The Hall–Kier alpha value is -2.82. The van der Waals surface area contributed by atoms with Gasteiger partial charge in [-0.2, -0.15) is 0 Å². The first-order valence-electron chi connectivity index (χ1n) is 8.97.